The zero-order chi connectivity index (χ0) is 14.0. The maximum Gasteiger partial charge on any atom is 0.303 e. The minimum absolute atomic E-state index is 0.111. The SMILES string of the molecule is Cc1ccc(C)c(N2CCCC(C)(CC(=O)O)C2)c1. The molecule has 0 amide bonds. The van der Waals surface area contributed by atoms with Gasteiger partial charge in [-0.05, 0) is 49.3 Å². The first-order chi connectivity index (χ1) is 8.89. The third-order valence-corrected chi connectivity index (χ3v) is 4.06. The van der Waals surface area contributed by atoms with Crippen molar-refractivity contribution in [1.29, 1.82) is 0 Å². The maximum absolute atomic E-state index is 11.0. The number of carboxylic acids is 1. The van der Waals surface area contributed by atoms with Crippen molar-refractivity contribution in [3.8, 4) is 0 Å². The predicted octanol–water partition coefficient (Wildman–Crippen LogP) is 3.38. The van der Waals surface area contributed by atoms with Crippen molar-refractivity contribution in [1.82, 2.24) is 0 Å². The van der Waals surface area contributed by atoms with Crippen molar-refractivity contribution >= 4 is 11.7 Å². The van der Waals surface area contributed by atoms with Crippen LogP contribution in [0.25, 0.3) is 0 Å². The molecule has 3 nitrogen and oxygen atoms in total. The van der Waals surface area contributed by atoms with Gasteiger partial charge >= 0.3 is 5.97 Å². The zero-order valence-electron chi connectivity index (χ0n) is 12.1. The molecular weight excluding hydrogens is 238 g/mol. The van der Waals surface area contributed by atoms with Crippen molar-refractivity contribution in [2.75, 3.05) is 18.0 Å². The molecule has 1 aromatic rings. The Bertz CT molecular complexity index is 484. The summed E-state index contributed by atoms with van der Waals surface area (Å²) in [6, 6.07) is 6.48. The number of carbonyl (C=O) groups is 1. The number of piperidine rings is 1. The molecule has 1 N–H and O–H groups in total. The monoisotopic (exact) mass is 261 g/mol. The van der Waals surface area contributed by atoms with E-state index in [-0.39, 0.29) is 11.8 Å². The molecule has 0 saturated carbocycles. The van der Waals surface area contributed by atoms with Gasteiger partial charge in [0.2, 0.25) is 0 Å². The van der Waals surface area contributed by atoms with E-state index in [9.17, 15) is 4.79 Å². The summed E-state index contributed by atoms with van der Waals surface area (Å²) in [6.45, 7) is 8.18. The highest BCUT2D eigenvalue weighted by Crippen LogP contribution is 2.36. The fourth-order valence-electron chi connectivity index (χ4n) is 3.09. The smallest absolute Gasteiger partial charge is 0.303 e. The Morgan fingerprint density at radius 1 is 1.42 bits per heavy atom. The second kappa shape index (κ2) is 5.24. The van der Waals surface area contributed by atoms with Gasteiger partial charge in [0.05, 0.1) is 6.42 Å². The Balaban J connectivity index is 2.21. The van der Waals surface area contributed by atoms with E-state index in [0.29, 0.717) is 0 Å². The summed E-state index contributed by atoms with van der Waals surface area (Å²) in [6.07, 6.45) is 2.33. The van der Waals surface area contributed by atoms with E-state index in [1.54, 1.807) is 0 Å². The van der Waals surface area contributed by atoms with Gasteiger partial charge in [0.15, 0.2) is 0 Å². The molecule has 2 rings (SSSR count). The first-order valence-corrected chi connectivity index (χ1v) is 6.94. The largest absolute Gasteiger partial charge is 0.481 e. The highest BCUT2D eigenvalue weighted by Gasteiger charge is 2.33. The molecule has 1 heterocycles. The lowest BCUT2D eigenvalue weighted by atomic mass is 9.79. The van der Waals surface area contributed by atoms with E-state index >= 15 is 0 Å². The zero-order valence-corrected chi connectivity index (χ0v) is 12.1. The minimum atomic E-state index is -0.690. The molecule has 0 spiro atoms. The molecule has 1 fully saturated rings. The van der Waals surface area contributed by atoms with Gasteiger partial charge in [-0.15, -0.1) is 0 Å². The Morgan fingerprint density at radius 3 is 2.84 bits per heavy atom. The van der Waals surface area contributed by atoms with Gasteiger partial charge in [-0.25, -0.2) is 0 Å². The molecule has 0 aromatic heterocycles. The van der Waals surface area contributed by atoms with E-state index in [2.05, 4.69) is 43.9 Å². The molecule has 1 unspecified atom stereocenters. The molecular formula is C16H23NO2. The number of carboxylic acid groups (broad SMARTS) is 1. The van der Waals surface area contributed by atoms with Crippen LogP contribution in [0.2, 0.25) is 0 Å². The summed E-state index contributed by atoms with van der Waals surface area (Å²) in [4.78, 5) is 13.4. The van der Waals surface area contributed by atoms with E-state index in [1.165, 1.54) is 16.8 Å². The van der Waals surface area contributed by atoms with Crippen molar-refractivity contribution in [2.45, 2.75) is 40.0 Å². The molecule has 104 valence electrons. The Morgan fingerprint density at radius 2 is 2.16 bits per heavy atom. The fraction of sp³-hybridized carbons (Fsp3) is 0.562. The van der Waals surface area contributed by atoms with Crippen LogP contribution >= 0.6 is 0 Å². The van der Waals surface area contributed by atoms with Gasteiger partial charge in [-0.1, -0.05) is 19.1 Å². The van der Waals surface area contributed by atoms with E-state index < -0.39 is 5.97 Å². The molecule has 19 heavy (non-hydrogen) atoms. The summed E-state index contributed by atoms with van der Waals surface area (Å²) in [7, 11) is 0. The third kappa shape index (κ3) is 3.28. The number of hydrogen-bond donors (Lipinski definition) is 1. The summed E-state index contributed by atoms with van der Waals surface area (Å²) >= 11 is 0. The molecule has 1 atom stereocenters. The number of rotatable bonds is 3. The Hall–Kier alpha value is -1.51. The summed E-state index contributed by atoms with van der Waals surface area (Å²) in [5, 5.41) is 9.07. The first-order valence-electron chi connectivity index (χ1n) is 6.94. The van der Waals surface area contributed by atoms with Gasteiger partial charge in [-0.2, -0.15) is 0 Å². The highest BCUT2D eigenvalue weighted by molar-refractivity contribution is 5.68. The van der Waals surface area contributed by atoms with Crippen molar-refractivity contribution < 1.29 is 9.90 Å². The average Bonchev–Trinajstić information content (AvgIpc) is 2.30. The molecule has 0 aliphatic carbocycles. The van der Waals surface area contributed by atoms with Crippen LogP contribution in [0.1, 0.15) is 37.3 Å². The molecule has 0 bridgehead atoms. The van der Waals surface area contributed by atoms with Crippen LogP contribution in [0, 0.1) is 19.3 Å². The van der Waals surface area contributed by atoms with Crippen LogP contribution in [0.4, 0.5) is 5.69 Å². The number of aryl methyl sites for hydroxylation is 2. The Labute approximate surface area is 115 Å². The number of anilines is 1. The summed E-state index contributed by atoms with van der Waals surface area (Å²) in [5.74, 6) is -0.690. The van der Waals surface area contributed by atoms with E-state index in [0.717, 1.165) is 25.9 Å². The molecule has 0 radical (unpaired) electrons. The summed E-state index contributed by atoms with van der Waals surface area (Å²) < 4.78 is 0. The minimum Gasteiger partial charge on any atom is -0.481 e. The van der Waals surface area contributed by atoms with Crippen LogP contribution in [0.3, 0.4) is 0 Å². The highest BCUT2D eigenvalue weighted by atomic mass is 16.4. The molecule has 1 aliphatic heterocycles. The molecule has 1 saturated heterocycles. The number of benzene rings is 1. The normalized spacial score (nSPS) is 23.4. The lowest BCUT2D eigenvalue weighted by Crippen LogP contribution is -2.43. The van der Waals surface area contributed by atoms with Crippen LogP contribution in [0.5, 0.6) is 0 Å². The fourth-order valence-corrected chi connectivity index (χ4v) is 3.09. The summed E-state index contributed by atoms with van der Waals surface area (Å²) in [5.41, 5.74) is 3.67. The van der Waals surface area contributed by atoms with Crippen molar-refractivity contribution in [2.24, 2.45) is 5.41 Å². The van der Waals surface area contributed by atoms with E-state index in [1.807, 2.05) is 0 Å². The lowest BCUT2D eigenvalue weighted by molar-refractivity contribution is -0.139. The average molecular weight is 261 g/mol. The van der Waals surface area contributed by atoms with Crippen LogP contribution in [-0.2, 0) is 4.79 Å². The second-order valence-electron chi connectivity index (χ2n) is 6.20. The van der Waals surface area contributed by atoms with Gasteiger partial charge < -0.3 is 10.0 Å². The standard InChI is InChI=1S/C16H23NO2/c1-12-5-6-13(2)14(9-12)17-8-4-7-16(3,11-17)10-15(18)19/h5-6,9H,4,7-8,10-11H2,1-3H3,(H,18,19). The van der Waals surface area contributed by atoms with Crippen LogP contribution in [-0.4, -0.2) is 24.2 Å². The number of nitrogens with zero attached hydrogens (tertiary/aromatic N) is 1. The molecule has 1 aromatic carbocycles. The van der Waals surface area contributed by atoms with E-state index in [4.69, 9.17) is 5.11 Å². The second-order valence-corrected chi connectivity index (χ2v) is 6.20. The molecule has 3 heteroatoms. The van der Waals surface area contributed by atoms with Gasteiger partial charge in [0.1, 0.15) is 0 Å². The number of hydrogen-bond acceptors (Lipinski definition) is 2. The topological polar surface area (TPSA) is 40.5 Å². The molecule has 1 aliphatic rings. The van der Waals surface area contributed by atoms with Crippen LogP contribution in [0.15, 0.2) is 18.2 Å². The van der Waals surface area contributed by atoms with Crippen molar-refractivity contribution in [3.05, 3.63) is 29.3 Å². The van der Waals surface area contributed by atoms with Crippen molar-refractivity contribution in [3.63, 3.8) is 0 Å². The first kappa shape index (κ1) is 13.9. The lowest BCUT2D eigenvalue weighted by Gasteiger charge is -2.41. The van der Waals surface area contributed by atoms with Crippen LogP contribution < -0.4 is 4.90 Å². The maximum atomic E-state index is 11.0. The van der Waals surface area contributed by atoms with Gasteiger partial charge in [0.25, 0.3) is 0 Å². The van der Waals surface area contributed by atoms with Gasteiger partial charge in [-0.3, -0.25) is 4.79 Å². The number of aliphatic carboxylic acids is 1. The third-order valence-electron chi connectivity index (χ3n) is 4.06. The quantitative estimate of drug-likeness (QED) is 0.906. The Kier molecular flexibility index (Phi) is 3.83. The van der Waals surface area contributed by atoms with Gasteiger partial charge in [0, 0.05) is 18.8 Å². The predicted molar refractivity (Wildman–Crippen MR) is 77.7 cm³/mol.